The molecule has 2 aromatic rings. The van der Waals surface area contributed by atoms with Crippen molar-refractivity contribution < 1.29 is 4.79 Å². The average molecular weight is 280 g/mol. The summed E-state index contributed by atoms with van der Waals surface area (Å²) in [6.07, 6.45) is 8.24. The van der Waals surface area contributed by atoms with E-state index in [2.05, 4.69) is 22.4 Å². The SMILES string of the molecule is O=C(Nc1ccccn1)c1ccc(C2CCCCC2)cc1. The Balaban J connectivity index is 1.67. The van der Waals surface area contributed by atoms with Crippen LogP contribution < -0.4 is 5.32 Å². The standard InChI is InChI=1S/C18H20N2O/c21-18(20-17-8-4-5-13-19-17)16-11-9-15(10-12-16)14-6-2-1-3-7-14/h4-5,8-14H,1-3,6-7H2,(H,19,20,21). The second kappa shape index (κ2) is 6.53. The largest absolute Gasteiger partial charge is 0.307 e. The number of hydrogen-bond acceptors (Lipinski definition) is 2. The Labute approximate surface area is 125 Å². The average Bonchev–Trinajstić information content (AvgIpc) is 2.57. The van der Waals surface area contributed by atoms with Crippen LogP contribution >= 0.6 is 0 Å². The monoisotopic (exact) mass is 280 g/mol. The van der Waals surface area contributed by atoms with E-state index in [9.17, 15) is 4.79 Å². The number of hydrogen-bond donors (Lipinski definition) is 1. The van der Waals surface area contributed by atoms with Crippen LogP contribution in [0.5, 0.6) is 0 Å². The quantitative estimate of drug-likeness (QED) is 0.906. The summed E-state index contributed by atoms with van der Waals surface area (Å²) in [5, 5.41) is 2.81. The van der Waals surface area contributed by atoms with Crippen LogP contribution in [-0.2, 0) is 0 Å². The molecule has 0 saturated heterocycles. The second-order valence-corrected chi connectivity index (χ2v) is 5.63. The number of anilines is 1. The lowest BCUT2D eigenvalue weighted by atomic mass is 9.84. The van der Waals surface area contributed by atoms with Crippen LogP contribution in [-0.4, -0.2) is 10.9 Å². The molecule has 0 radical (unpaired) electrons. The van der Waals surface area contributed by atoms with Gasteiger partial charge in [0.05, 0.1) is 0 Å². The third-order valence-electron chi connectivity index (χ3n) is 4.16. The Morgan fingerprint density at radius 1 is 1.00 bits per heavy atom. The first kappa shape index (κ1) is 13.8. The Kier molecular flexibility index (Phi) is 4.29. The van der Waals surface area contributed by atoms with E-state index in [1.165, 1.54) is 37.7 Å². The number of carbonyl (C=O) groups is 1. The van der Waals surface area contributed by atoms with E-state index in [4.69, 9.17) is 0 Å². The van der Waals surface area contributed by atoms with Crippen molar-refractivity contribution in [2.45, 2.75) is 38.0 Å². The van der Waals surface area contributed by atoms with Gasteiger partial charge in [0.2, 0.25) is 0 Å². The minimum absolute atomic E-state index is 0.108. The number of amides is 1. The molecule has 0 atom stereocenters. The number of rotatable bonds is 3. The highest BCUT2D eigenvalue weighted by atomic mass is 16.1. The van der Waals surface area contributed by atoms with Gasteiger partial charge < -0.3 is 5.32 Å². The molecule has 1 amide bonds. The van der Waals surface area contributed by atoms with Crippen molar-refractivity contribution in [3.8, 4) is 0 Å². The summed E-state index contributed by atoms with van der Waals surface area (Å²) >= 11 is 0. The van der Waals surface area contributed by atoms with Crippen LogP contribution in [0.3, 0.4) is 0 Å². The van der Waals surface area contributed by atoms with Gasteiger partial charge in [-0.3, -0.25) is 4.79 Å². The maximum Gasteiger partial charge on any atom is 0.256 e. The number of nitrogens with zero attached hydrogens (tertiary/aromatic N) is 1. The van der Waals surface area contributed by atoms with Crippen molar-refractivity contribution in [2.75, 3.05) is 5.32 Å². The van der Waals surface area contributed by atoms with Gasteiger partial charge in [-0.2, -0.15) is 0 Å². The van der Waals surface area contributed by atoms with E-state index in [0.29, 0.717) is 17.3 Å². The van der Waals surface area contributed by atoms with Crippen LogP contribution in [0.15, 0.2) is 48.7 Å². The number of aromatic nitrogens is 1. The number of pyridine rings is 1. The maximum atomic E-state index is 12.2. The van der Waals surface area contributed by atoms with E-state index >= 15 is 0 Å². The molecule has 1 aromatic heterocycles. The van der Waals surface area contributed by atoms with Crippen molar-refractivity contribution in [3.63, 3.8) is 0 Å². The van der Waals surface area contributed by atoms with E-state index in [0.717, 1.165) is 0 Å². The predicted molar refractivity (Wildman–Crippen MR) is 84.5 cm³/mol. The topological polar surface area (TPSA) is 42.0 Å². The zero-order chi connectivity index (χ0) is 14.5. The zero-order valence-electron chi connectivity index (χ0n) is 12.1. The fourth-order valence-electron chi connectivity index (χ4n) is 2.97. The van der Waals surface area contributed by atoms with E-state index in [-0.39, 0.29) is 5.91 Å². The van der Waals surface area contributed by atoms with E-state index in [1.807, 2.05) is 24.3 Å². The molecule has 21 heavy (non-hydrogen) atoms. The normalized spacial score (nSPS) is 15.6. The molecule has 1 aliphatic rings. The highest BCUT2D eigenvalue weighted by molar-refractivity contribution is 6.03. The van der Waals surface area contributed by atoms with Gasteiger partial charge in [0.15, 0.2) is 0 Å². The molecule has 1 saturated carbocycles. The molecule has 1 N–H and O–H groups in total. The van der Waals surface area contributed by atoms with Gasteiger partial charge in [-0.25, -0.2) is 4.98 Å². The third-order valence-corrected chi connectivity index (χ3v) is 4.16. The highest BCUT2D eigenvalue weighted by Crippen LogP contribution is 2.32. The molecule has 108 valence electrons. The predicted octanol–water partition coefficient (Wildman–Crippen LogP) is 4.38. The van der Waals surface area contributed by atoms with Crippen molar-refractivity contribution in [3.05, 3.63) is 59.8 Å². The second-order valence-electron chi connectivity index (χ2n) is 5.63. The lowest BCUT2D eigenvalue weighted by molar-refractivity contribution is 0.102. The fourth-order valence-corrected chi connectivity index (χ4v) is 2.97. The molecule has 0 unspecified atom stereocenters. The number of benzene rings is 1. The first-order valence-corrected chi connectivity index (χ1v) is 7.65. The summed E-state index contributed by atoms with van der Waals surface area (Å²) in [5.41, 5.74) is 2.05. The summed E-state index contributed by atoms with van der Waals surface area (Å²) in [7, 11) is 0. The summed E-state index contributed by atoms with van der Waals surface area (Å²) in [4.78, 5) is 16.3. The van der Waals surface area contributed by atoms with Gasteiger partial charge in [0, 0.05) is 11.8 Å². The van der Waals surface area contributed by atoms with Gasteiger partial charge in [-0.05, 0) is 48.6 Å². The summed E-state index contributed by atoms with van der Waals surface area (Å²) in [5.74, 6) is 1.15. The van der Waals surface area contributed by atoms with Crippen LogP contribution in [0, 0.1) is 0 Å². The Hall–Kier alpha value is -2.16. The Bertz CT molecular complexity index is 586. The molecule has 3 nitrogen and oxygen atoms in total. The van der Waals surface area contributed by atoms with E-state index < -0.39 is 0 Å². The van der Waals surface area contributed by atoms with Gasteiger partial charge >= 0.3 is 0 Å². The first-order valence-electron chi connectivity index (χ1n) is 7.65. The van der Waals surface area contributed by atoms with Crippen LogP contribution in [0.1, 0.15) is 53.9 Å². The molecule has 0 spiro atoms. The van der Waals surface area contributed by atoms with Crippen LogP contribution in [0.25, 0.3) is 0 Å². The molecule has 1 fully saturated rings. The minimum atomic E-state index is -0.108. The van der Waals surface area contributed by atoms with Gasteiger partial charge in [0.25, 0.3) is 5.91 Å². The summed E-state index contributed by atoms with van der Waals surface area (Å²) in [6, 6.07) is 13.5. The van der Waals surface area contributed by atoms with Gasteiger partial charge in [0.1, 0.15) is 5.82 Å². The summed E-state index contributed by atoms with van der Waals surface area (Å²) in [6.45, 7) is 0. The lowest BCUT2D eigenvalue weighted by Crippen LogP contribution is -2.13. The van der Waals surface area contributed by atoms with E-state index in [1.54, 1.807) is 12.3 Å². The van der Waals surface area contributed by atoms with Crippen molar-refractivity contribution in [1.82, 2.24) is 4.98 Å². The molecular formula is C18H20N2O. The van der Waals surface area contributed by atoms with Crippen molar-refractivity contribution in [2.24, 2.45) is 0 Å². The molecule has 0 aliphatic heterocycles. The molecule has 1 aromatic carbocycles. The van der Waals surface area contributed by atoms with Crippen LogP contribution in [0.2, 0.25) is 0 Å². The Morgan fingerprint density at radius 3 is 2.43 bits per heavy atom. The highest BCUT2D eigenvalue weighted by Gasteiger charge is 2.15. The minimum Gasteiger partial charge on any atom is -0.307 e. The zero-order valence-corrected chi connectivity index (χ0v) is 12.1. The van der Waals surface area contributed by atoms with Crippen LogP contribution in [0.4, 0.5) is 5.82 Å². The fraction of sp³-hybridized carbons (Fsp3) is 0.333. The third kappa shape index (κ3) is 3.48. The van der Waals surface area contributed by atoms with Gasteiger partial charge in [-0.1, -0.05) is 37.5 Å². The molecular weight excluding hydrogens is 260 g/mol. The van der Waals surface area contributed by atoms with Crippen molar-refractivity contribution >= 4 is 11.7 Å². The Morgan fingerprint density at radius 2 is 1.76 bits per heavy atom. The summed E-state index contributed by atoms with van der Waals surface area (Å²) < 4.78 is 0. The van der Waals surface area contributed by atoms with Gasteiger partial charge in [-0.15, -0.1) is 0 Å². The molecule has 0 bridgehead atoms. The number of nitrogens with one attached hydrogen (secondary N) is 1. The maximum absolute atomic E-state index is 12.2. The lowest BCUT2D eigenvalue weighted by Gasteiger charge is -2.22. The smallest absolute Gasteiger partial charge is 0.256 e. The number of carbonyl (C=O) groups excluding carboxylic acids is 1. The molecule has 1 heterocycles. The molecule has 3 heteroatoms. The molecule has 3 rings (SSSR count). The molecule has 1 aliphatic carbocycles. The van der Waals surface area contributed by atoms with Crippen molar-refractivity contribution in [1.29, 1.82) is 0 Å². The first-order chi connectivity index (χ1) is 10.3.